The summed E-state index contributed by atoms with van der Waals surface area (Å²) in [4.78, 5) is 14.2. The van der Waals surface area contributed by atoms with Crippen molar-refractivity contribution in [1.82, 2.24) is 0 Å². The van der Waals surface area contributed by atoms with Crippen LogP contribution < -0.4 is 0 Å². The smallest absolute Gasteiger partial charge is 0.197 e. The number of hydrogen-bond acceptors (Lipinski definition) is 5. The van der Waals surface area contributed by atoms with Gasteiger partial charge in [0.15, 0.2) is 7.37 Å². The Hall–Kier alpha value is -0.420. The zero-order valence-electron chi connectivity index (χ0n) is 15.9. The van der Waals surface area contributed by atoms with Gasteiger partial charge in [-0.05, 0) is 38.0 Å². The van der Waals surface area contributed by atoms with Gasteiger partial charge in [0.2, 0.25) is 0 Å². The molecular formula is C18H36NO5P. The molecule has 1 rings (SSSR count). The Morgan fingerprint density at radius 3 is 2.56 bits per heavy atom. The van der Waals surface area contributed by atoms with Gasteiger partial charge in [0.1, 0.15) is 7.11 Å². The van der Waals surface area contributed by atoms with Gasteiger partial charge >= 0.3 is 0 Å². The first-order chi connectivity index (χ1) is 11.8. The Balaban J connectivity index is 2.47. The molecule has 7 heteroatoms. The van der Waals surface area contributed by atoms with E-state index >= 15 is 0 Å². The predicted octanol–water partition coefficient (Wildman–Crippen LogP) is 3.39. The quantitative estimate of drug-likeness (QED) is 0.275. The van der Waals surface area contributed by atoms with Gasteiger partial charge in [-0.25, -0.2) is 0 Å². The number of aliphatic hydroxyl groups is 2. The normalized spacial score (nSPS) is 28.9. The first kappa shape index (κ1) is 22.6. The van der Waals surface area contributed by atoms with Gasteiger partial charge in [-0.15, -0.1) is 0 Å². The third-order valence-corrected chi connectivity index (χ3v) is 6.35. The van der Waals surface area contributed by atoms with E-state index in [2.05, 4.69) is 5.16 Å². The van der Waals surface area contributed by atoms with Crippen molar-refractivity contribution in [2.45, 2.75) is 76.9 Å². The van der Waals surface area contributed by atoms with E-state index in [0.29, 0.717) is 12.6 Å². The van der Waals surface area contributed by atoms with Crippen molar-refractivity contribution in [3.8, 4) is 0 Å². The van der Waals surface area contributed by atoms with E-state index in [-0.39, 0.29) is 17.9 Å². The van der Waals surface area contributed by atoms with Gasteiger partial charge in [0.05, 0.1) is 17.9 Å². The van der Waals surface area contributed by atoms with Gasteiger partial charge in [0.25, 0.3) is 0 Å². The molecule has 25 heavy (non-hydrogen) atoms. The van der Waals surface area contributed by atoms with Gasteiger partial charge in [0, 0.05) is 25.2 Å². The number of oxime groups is 1. The highest BCUT2D eigenvalue weighted by molar-refractivity contribution is 7.57. The summed E-state index contributed by atoms with van der Waals surface area (Å²) in [6.45, 7) is 3.38. The molecule has 1 aliphatic rings. The van der Waals surface area contributed by atoms with Crippen LogP contribution in [0.1, 0.15) is 64.7 Å². The fourth-order valence-electron chi connectivity index (χ4n) is 3.74. The lowest BCUT2D eigenvalue weighted by Crippen LogP contribution is -2.22. The van der Waals surface area contributed by atoms with Crippen molar-refractivity contribution in [1.29, 1.82) is 0 Å². The Labute approximate surface area is 152 Å². The lowest BCUT2D eigenvalue weighted by Gasteiger charge is -2.22. The third kappa shape index (κ3) is 8.67. The average molecular weight is 377 g/mol. The fourth-order valence-corrected chi connectivity index (χ4v) is 4.55. The van der Waals surface area contributed by atoms with Crippen LogP contribution in [-0.2, 0) is 9.40 Å². The lowest BCUT2D eigenvalue weighted by atomic mass is 9.85. The van der Waals surface area contributed by atoms with Crippen molar-refractivity contribution in [2.24, 2.45) is 17.0 Å². The van der Waals surface area contributed by atoms with Crippen LogP contribution in [0.4, 0.5) is 0 Å². The van der Waals surface area contributed by atoms with E-state index in [9.17, 15) is 19.7 Å². The third-order valence-electron chi connectivity index (χ3n) is 5.21. The van der Waals surface area contributed by atoms with E-state index in [1.54, 1.807) is 0 Å². The highest BCUT2D eigenvalue weighted by atomic mass is 31.2. The molecule has 0 aliphatic heterocycles. The highest BCUT2D eigenvalue weighted by Crippen LogP contribution is 2.38. The molecule has 1 fully saturated rings. The summed E-state index contributed by atoms with van der Waals surface area (Å²) in [6, 6.07) is 0. The number of nitrogens with zero attached hydrogens (tertiary/aromatic N) is 1. The Morgan fingerprint density at radius 1 is 1.28 bits per heavy atom. The second-order valence-corrected chi connectivity index (χ2v) is 9.97. The zero-order chi connectivity index (χ0) is 18.9. The van der Waals surface area contributed by atoms with Crippen molar-refractivity contribution in [3.05, 3.63) is 0 Å². The van der Waals surface area contributed by atoms with E-state index in [1.165, 1.54) is 13.8 Å². The first-order valence-corrected chi connectivity index (χ1v) is 11.8. The van der Waals surface area contributed by atoms with Crippen LogP contribution in [0, 0.1) is 11.8 Å². The molecule has 148 valence electrons. The summed E-state index contributed by atoms with van der Waals surface area (Å²) in [6.07, 6.45) is 7.16. The summed E-state index contributed by atoms with van der Waals surface area (Å²) in [5.74, 6) is 0.331. The molecule has 0 heterocycles. The largest absolute Gasteiger partial charge is 0.399 e. The molecule has 5 unspecified atom stereocenters. The van der Waals surface area contributed by atoms with Gasteiger partial charge in [-0.1, -0.05) is 31.3 Å². The number of unbranched alkanes of at least 4 members (excludes halogenated alkanes) is 3. The summed E-state index contributed by atoms with van der Waals surface area (Å²) in [7, 11) is -1.36. The number of aliphatic hydroxyl groups excluding tert-OH is 2. The van der Waals surface area contributed by atoms with Crippen molar-refractivity contribution in [2.75, 3.05) is 19.9 Å². The van der Waals surface area contributed by atoms with E-state index in [4.69, 9.17) is 4.84 Å². The Kier molecular flexibility index (Phi) is 10.2. The molecular weight excluding hydrogens is 341 g/mol. The molecule has 0 saturated heterocycles. The topological polar surface area (TPSA) is 99.4 Å². The average Bonchev–Trinajstić information content (AvgIpc) is 2.83. The number of hydrogen-bond donors (Lipinski definition) is 3. The van der Waals surface area contributed by atoms with E-state index in [0.717, 1.165) is 57.1 Å². The van der Waals surface area contributed by atoms with Gasteiger partial charge in [-0.3, -0.25) is 4.57 Å². The number of rotatable bonds is 12. The van der Waals surface area contributed by atoms with Gasteiger partial charge < -0.3 is 19.9 Å². The fraction of sp³-hybridized carbons (Fsp3) is 0.944. The summed E-state index contributed by atoms with van der Waals surface area (Å²) in [5.41, 5.74) is 0.913. The molecule has 0 aromatic carbocycles. The van der Waals surface area contributed by atoms with Gasteiger partial charge in [-0.2, -0.15) is 0 Å². The van der Waals surface area contributed by atoms with Crippen LogP contribution >= 0.6 is 7.37 Å². The monoisotopic (exact) mass is 377 g/mol. The zero-order valence-corrected chi connectivity index (χ0v) is 16.8. The van der Waals surface area contributed by atoms with Crippen LogP contribution in [0.3, 0.4) is 0 Å². The maximum absolute atomic E-state index is 11.3. The van der Waals surface area contributed by atoms with E-state index in [1.807, 2.05) is 6.92 Å². The van der Waals surface area contributed by atoms with Crippen LogP contribution in [-0.4, -0.2) is 53.0 Å². The molecule has 1 saturated carbocycles. The molecule has 1 aliphatic carbocycles. The minimum atomic E-state index is -2.89. The Morgan fingerprint density at radius 2 is 1.96 bits per heavy atom. The van der Waals surface area contributed by atoms with Crippen LogP contribution in [0.2, 0.25) is 0 Å². The minimum absolute atomic E-state index is 0.160. The molecule has 0 amide bonds. The molecule has 0 aromatic rings. The maximum Gasteiger partial charge on any atom is 0.197 e. The molecule has 0 radical (unpaired) electrons. The predicted molar refractivity (Wildman–Crippen MR) is 101 cm³/mol. The first-order valence-electron chi connectivity index (χ1n) is 9.53. The second kappa shape index (κ2) is 11.3. The van der Waals surface area contributed by atoms with E-state index < -0.39 is 13.5 Å². The Bertz CT molecular complexity index is 451. The molecule has 3 N–H and O–H groups in total. The van der Waals surface area contributed by atoms with Crippen LogP contribution in [0.25, 0.3) is 0 Å². The maximum atomic E-state index is 11.3. The van der Waals surface area contributed by atoms with Crippen molar-refractivity contribution >= 4 is 13.1 Å². The van der Waals surface area contributed by atoms with Crippen molar-refractivity contribution in [3.63, 3.8) is 0 Å². The minimum Gasteiger partial charge on any atom is -0.399 e. The molecule has 0 spiro atoms. The molecule has 0 aromatic heterocycles. The van der Waals surface area contributed by atoms with Crippen LogP contribution in [0.15, 0.2) is 5.16 Å². The van der Waals surface area contributed by atoms with Crippen molar-refractivity contribution < 1.29 is 24.5 Å². The standard InChI is InChI=1S/C18H36NO5P/c1-4-14(20)10-11-15-16(18(21)13-17(15)19-24-2)9-7-5-6-8-12-25(3,22)23/h14-16,18,20-21H,4-13H2,1-3H3,(H,22,23)/b19-17+. The molecule has 5 atom stereocenters. The molecule has 6 nitrogen and oxygen atoms in total. The van der Waals surface area contributed by atoms with Crippen LogP contribution in [0.5, 0.6) is 0 Å². The summed E-state index contributed by atoms with van der Waals surface area (Å²) < 4.78 is 11.3. The highest BCUT2D eigenvalue weighted by Gasteiger charge is 2.39. The SMILES string of the molecule is CCC(O)CCC1/C(=N/OC)CC(O)C1CCCCCCP(C)(=O)O. The summed E-state index contributed by atoms with van der Waals surface area (Å²) in [5, 5.41) is 24.4. The molecule has 0 bridgehead atoms. The summed E-state index contributed by atoms with van der Waals surface area (Å²) >= 11 is 0. The second-order valence-electron chi connectivity index (χ2n) is 7.42. The lowest BCUT2D eigenvalue weighted by molar-refractivity contribution is 0.0990.